The van der Waals surface area contributed by atoms with Crippen LogP contribution in [-0.4, -0.2) is 18.8 Å². The van der Waals surface area contributed by atoms with Gasteiger partial charge in [-0.25, -0.2) is 0 Å². The van der Waals surface area contributed by atoms with Crippen LogP contribution in [0, 0.1) is 0 Å². The summed E-state index contributed by atoms with van der Waals surface area (Å²) in [6.07, 6.45) is 0. The fourth-order valence-corrected chi connectivity index (χ4v) is 0. The summed E-state index contributed by atoms with van der Waals surface area (Å²) in [4.78, 5) is 0. The molecule has 0 aliphatic carbocycles. The van der Waals surface area contributed by atoms with Gasteiger partial charge in [-0.3, -0.25) is 4.21 Å². The molecule has 0 aliphatic rings. The normalized spacial score (nSPS) is 4.38. The minimum atomic E-state index is -3.11. The van der Waals surface area contributed by atoms with Crippen LogP contribution < -0.4 is 88.7 Å². The molecule has 0 spiro atoms. The molecule has 0 atom stereocenters. The van der Waals surface area contributed by atoms with Gasteiger partial charge < -0.3 is 14.6 Å². The first-order valence-corrected chi connectivity index (χ1v) is 1.50. The fourth-order valence-electron chi connectivity index (χ4n) is 0. The van der Waals surface area contributed by atoms with Crippen LogP contribution in [0.2, 0.25) is 0 Å². The molecular weight excluding hydrogens is 165 g/mol. The van der Waals surface area contributed by atoms with Crippen molar-refractivity contribution in [1.82, 2.24) is 0 Å². The fraction of sp³-hybridized carbons (Fsp3) is 0. The molecule has 0 aromatic carbocycles. The Morgan fingerprint density at radius 2 is 1.00 bits per heavy atom. The maximum Gasteiger partial charge on any atom is 1.00 e. The number of hydrogen-bond acceptors (Lipinski definition) is 4. The van der Waals surface area contributed by atoms with E-state index in [1.807, 2.05) is 0 Å². The van der Waals surface area contributed by atoms with E-state index in [-0.39, 0.29) is 94.1 Å². The molecule has 4 nitrogen and oxygen atoms in total. The zero-order chi connectivity index (χ0) is 3.58. The van der Waals surface area contributed by atoms with Gasteiger partial charge in [-0.05, 0) is 0 Å². The molecule has 0 saturated carbocycles. The molecule has 0 rings (SSSR count). The molecule has 0 aliphatic heterocycles. The quantitative estimate of drug-likeness (QED) is 0.264. The molecule has 0 saturated heterocycles. The van der Waals surface area contributed by atoms with E-state index in [1.165, 1.54) is 0 Å². The van der Waals surface area contributed by atoms with Crippen LogP contribution in [-0.2, 0) is 11.4 Å². The van der Waals surface area contributed by atoms with E-state index in [0.717, 1.165) is 0 Å². The molecule has 0 fully saturated rings. The van der Waals surface area contributed by atoms with Gasteiger partial charge in [0.05, 0.1) is 0 Å². The smallest absolute Gasteiger partial charge is 0.870 e. The number of hydrogen-bond donors (Lipinski definition) is 0. The Morgan fingerprint density at radius 3 is 1.00 bits per heavy atom. The summed E-state index contributed by atoms with van der Waals surface area (Å²) in [6.45, 7) is 0. The summed E-state index contributed by atoms with van der Waals surface area (Å²) in [5.41, 5.74) is 0. The second kappa shape index (κ2) is 22.5. The van der Waals surface area contributed by atoms with Gasteiger partial charge in [0.25, 0.3) is 0 Å². The van der Waals surface area contributed by atoms with E-state index in [1.54, 1.807) is 0 Å². The first-order valence-electron chi connectivity index (χ1n) is 0.500. The molecule has 0 aromatic rings. The first kappa shape index (κ1) is 30.5. The molecule has 0 heterocycles. The Kier molecular flexibility index (Phi) is 85.8. The van der Waals surface area contributed by atoms with Gasteiger partial charge in [-0.15, -0.1) is 11.4 Å². The molecule has 8 heteroatoms. The summed E-state index contributed by atoms with van der Waals surface area (Å²) >= 11 is -3.11. The van der Waals surface area contributed by atoms with E-state index >= 15 is 0 Å². The van der Waals surface area contributed by atoms with Gasteiger partial charge in [0.1, 0.15) is 0 Å². The van der Waals surface area contributed by atoms with Crippen molar-refractivity contribution in [2.75, 3.05) is 0 Å². The molecule has 34 valence electrons. The van der Waals surface area contributed by atoms with Crippen molar-refractivity contribution < 1.29 is 107 Å². The van der Waals surface area contributed by atoms with Crippen LogP contribution in [0.15, 0.2) is 0 Å². The minimum Gasteiger partial charge on any atom is -0.870 e. The zero-order valence-corrected chi connectivity index (χ0v) is 11.9. The molecule has 0 radical (unpaired) electrons. The van der Waals surface area contributed by atoms with Crippen LogP contribution in [0.1, 0.15) is 0 Å². The van der Waals surface area contributed by atoms with E-state index in [0.29, 0.717) is 0 Å². The molecule has 8 heavy (non-hydrogen) atoms. The van der Waals surface area contributed by atoms with Crippen LogP contribution in [0.3, 0.4) is 0 Å². The van der Waals surface area contributed by atoms with Crippen LogP contribution in [0.25, 0.3) is 0 Å². The van der Waals surface area contributed by atoms with Crippen LogP contribution >= 0.6 is 0 Å². The molecule has 1 N–H and O–H groups in total. The van der Waals surface area contributed by atoms with Gasteiger partial charge in [-0.1, -0.05) is 0 Å². The number of rotatable bonds is 0. The maximum absolute atomic E-state index is 8.44. The first-order chi connectivity index (χ1) is 1.73. The third-order valence-electron chi connectivity index (χ3n) is 0. The monoisotopic (exact) mass is 166 g/mol. The van der Waals surface area contributed by atoms with E-state index in [2.05, 4.69) is 0 Å². The van der Waals surface area contributed by atoms with Crippen molar-refractivity contribution in [3.63, 3.8) is 0 Å². The summed E-state index contributed by atoms with van der Waals surface area (Å²) in [6, 6.07) is 0. The molecule has 0 amide bonds. The summed E-state index contributed by atoms with van der Waals surface area (Å²) < 4.78 is 25.3. The second-order valence-electron chi connectivity index (χ2n) is 0.204. The molecule has 0 unspecified atom stereocenters. The summed E-state index contributed by atoms with van der Waals surface area (Å²) in [7, 11) is 0. The Bertz CT molecular complexity index is 34.3. The Balaban J connectivity index is -0.00000000750. The third-order valence-corrected chi connectivity index (χ3v) is 0. The molecule has 0 aromatic heterocycles. The van der Waals surface area contributed by atoms with Crippen molar-refractivity contribution >= 4 is 11.4 Å². The van der Waals surface area contributed by atoms with Gasteiger partial charge >= 0.3 is 88.7 Å². The van der Waals surface area contributed by atoms with Crippen LogP contribution in [0.4, 0.5) is 0 Å². The molecule has 0 bridgehead atoms. The van der Waals surface area contributed by atoms with E-state index in [9.17, 15) is 0 Å². The maximum atomic E-state index is 8.44. The predicted molar refractivity (Wildman–Crippen MR) is 11.6 cm³/mol. The van der Waals surface area contributed by atoms with Crippen LogP contribution in [0.5, 0.6) is 0 Å². The van der Waals surface area contributed by atoms with Gasteiger partial charge in [0.2, 0.25) is 0 Å². The van der Waals surface area contributed by atoms with Gasteiger partial charge in [0.15, 0.2) is 0 Å². The van der Waals surface area contributed by atoms with Gasteiger partial charge in [0, 0.05) is 0 Å². The topological polar surface area (TPSA) is 93.2 Å². The Morgan fingerprint density at radius 1 is 1.00 bits per heavy atom. The SMILES string of the molecule is O=S([O-])[O-].[Na+].[Na+].[Na+].[OH-]. The van der Waals surface area contributed by atoms with Crippen molar-refractivity contribution in [2.45, 2.75) is 0 Å². The second-order valence-corrected chi connectivity index (χ2v) is 0.612. The Hall–Kier alpha value is 3.03. The zero-order valence-electron chi connectivity index (χ0n) is 5.08. The van der Waals surface area contributed by atoms with Crippen molar-refractivity contribution in [1.29, 1.82) is 0 Å². The van der Waals surface area contributed by atoms with Gasteiger partial charge in [-0.2, -0.15) is 0 Å². The van der Waals surface area contributed by atoms with Crippen molar-refractivity contribution in [3.05, 3.63) is 0 Å². The van der Waals surface area contributed by atoms with E-state index in [4.69, 9.17) is 13.3 Å². The predicted octanol–water partition coefficient (Wildman–Crippen LogP) is -10.2. The third kappa shape index (κ3) is 63.4. The standard InChI is InChI=1S/3Na.H2O3S.H2O/c;;;1-4(2)3;/h;;;(H2,1,2,3);1H2/q3*+1;;/p-3. The van der Waals surface area contributed by atoms with Crippen molar-refractivity contribution in [2.24, 2.45) is 0 Å². The average Bonchev–Trinajstić information content (AvgIpc) is 0.811. The summed E-state index contributed by atoms with van der Waals surface area (Å²) in [5.74, 6) is 0. The Labute approximate surface area is 116 Å². The van der Waals surface area contributed by atoms with Crippen molar-refractivity contribution in [3.8, 4) is 0 Å². The largest absolute Gasteiger partial charge is 1.00 e. The summed E-state index contributed by atoms with van der Waals surface area (Å²) in [5, 5.41) is 0. The van der Waals surface area contributed by atoms with E-state index < -0.39 is 11.4 Å². The molecular formula is HNa3O4S. The average molecular weight is 166 g/mol. The minimum absolute atomic E-state index is 0.